The summed E-state index contributed by atoms with van der Waals surface area (Å²) < 4.78 is 27.8. The van der Waals surface area contributed by atoms with E-state index in [1.165, 1.54) is 24.3 Å². The topological polar surface area (TPSA) is 47.6 Å². The van der Waals surface area contributed by atoms with Crippen LogP contribution < -0.4 is 10.2 Å². The van der Waals surface area contributed by atoms with E-state index in [2.05, 4.69) is 10.2 Å². The summed E-state index contributed by atoms with van der Waals surface area (Å²) in [6.45, 7) is -0.804. The van der Waals surface area contributed by atoms with Crippen molar-refractivity contribution in [2.24, 2.45) is 0 Å². The molecule has 1 aromatic carbocycles. The van der Waals surface area contributed by atoms with Crippen molar-refractivity contribution in [2.45, 2.75) is 13.5 Å². The van der Waals surface area contributed by atoms with Crippen LogP contribution >= 0.6 is 0 Å². The zero-order valence-corrected chi connectivity index (χ0v) is 8.57. The minimum Gasteiger partial charge on any atom is -0.435 e. The number of amides is 1. The molecule has 0 aliphatic carbocycles. The summed E-state index contributed by atoms with van der Waals surface area (Å²) in [6, 6.07) is 5.30. The number of ether oxygens (including phenoxy) is 1. The molecule has 0 atom stereocenters. The first kappa shape index (κ1) is 12.4. The molecule has 1 N–H and O–H groups in total. The fraction of sp³-hybridized carbons (Fsp3) is 0.300. The van der Waals surface area contributed by atoms with E-state index in [0.29, 0.717) is 12.2 Å². The highest BCUT2D eigenvalue weighted by Gasteiger charge is 2.07. The van der Waals surface area contributed by atoms with Crippen LogP contribution in [0.25, 0.3) is 0 Å². The summed E-state index contributed by atoms with van der Waals surface area (Å²) in [7, 11) is 0. The second kappa shape index (κ2) is 6.02. The van der Waals surface area contributed by atoms with Gasteiger partial charge in [-0.15, -0.1) is 0 Å². The van der Waals surface area contributed by atoms with Gasteiger partial charge < -0.3 is 4.74 Å². The molecule has 0 fully saturated rings. The first-order valence-electron chi connectivity index (χ1n) is 4.60. The Morgan fingerprint density at radius 2 is 2.00 bits per heavy atom. The molecule has 0 aromatic heterocycles. The quantitative estimate of drug-likeness (QED) is 0.788. The maximum absolute atomic E-state index is 11.8. The van der Waals surface area contributed by atoms with Gasteiger partial charge in [-0.25, -0.2) is 5.48 Å². The SMILES string of the molecule is CCONC(=O)c1ccc(OC(F)F)cc1. The number of halogens is 2. The van der Waals surface area contributed by atoms with Crippen LogP contribution in [-0.4, -0.2) is 19.1 Å². The zero-order chi connectivity index (χ0) is 12.0. The maximum atomic E-state index is 11.8. The van der Waals surface area contributed by atoms with Gasteiger partial charge in [0.15, 0.2) is 0 Å². The summed E-state index contributed by atoms with van der Waals surface area (Å²) in [5.41, 5.74) is 2.48. The van der Waals surface area contributed by atoms with Crippen molar-refractivity contribution in [3.63, 3.8) is 0 Å². The Kier molecular flexibility index (Phi) is 4.65. The molecule has 6 heteroatoms. The molecule has 0 saturated heterocycles. The molecule has 0 bridgehead atoms. The molecule has 1 aromatic rings. The molecular formula is C10H11F2NO3. The Hall–Kier alpha value is -1.69. The molecule has 0 heterocycles. The van der Waals surface area contributed by atoms with Gasteiger partial charge in [-0.3, -0.25) is 9.63 Å². The zero-order valence-electron chi connectivity index (χ0n) is 8.57. The highest BCUT2D eigenvalue weighted by molar-refractivity contribution is 5.93. The van der Waals surface area contributed by atoms with Gasteiger partial charge in [0.1, 0.15) is 5.75 Å². The van der Waals surface area contributed by atoms with Gasteiger partial charge in [-0.2, -0.15) is 8.78 Å². The third-order valence-corrected chi connectivity index (χ3v) is 1.65. The lowest BCUT2D eigenvalue weighted by atomic mass is 10.2. The number of hydroxylamine groups is 1. The van der Waals surface area contributed by atoms with Crippen molar-refractivity contribution in [3.05, 3.63) is 29.8 Å². The predicted octanol–water partition coefficient (Wildman–Crippen LogP) is 1.97. The van der Waals surface area contributed by atoms with Gasteiger partial charge in [-0.05, 0) is 31.2 Å². The van der Waals surface area contributed by atoms with Crippen molar-refractivity contribution in [1.29, 1.82) is 0 Å². The molecule has 0 spiro atoms. The van der Waals surface area contributed by atoms with Gasteiger partial charge in [0.05, 0.1) is 6.61 Å². The minimum absolute atomic E-state index is 0.00274. The number of hydrogen-bond acceptors (Lipinski definition) is 3. The molecule has 16 heavy (non-hydrogen) atoms. The smallest absolute Gasteiger partial charge is 0.387 e. The Balaban J connectivity index is 2.60. The fourth-order valence-corrected chi connectivity index (χ4v) is 0.984. The molecule has 88 valence electrons. The molecule has 0 radical (unpaired) electrons. The normalized spacial score (nSPS) is 10.2. The summed E-state index contributed by atoms with van der Waals surface area (Å²) in [5.74, 6) is -0.437. The first-order valence-corrected chi connectivity index (χ1v) is 4.60. The number of hydrogen-bond donors (Lipinski definition) is 1. The van der Waals surface area contributed by atoms with Crippen molar-refractivity contribution < 1.29 is 23.1 Å². The highest BCUT2D eigenvalue weighted by Crippen LogP contribution is 2.14. The van der Waals surface area contributed by atoms with E-state index in [9.17, 15) is 13.6 Å². The number of alkyl halides is 2. The van der Waals surface area contributed by atoms with E-state index in [4.69, 9.17) is 4.84 Å². The fourth-order valence-electron chi connectivity index (χ4n) is 0.984. The second-order valence-electron chi connectivity index (χ2n) is 2.77. The Morgan fingerprint density at radius 3 is 2.50 bits per heavy atom. The summed E-state index contributed by atoms with van der Waals surface area (Å²) in [6.07, 6.45) is 0. The average Bonchev–Trinajstić information content (AvgIpc) is 2.26. The Bertz CT molecular complexity index is 340. The monoisotopic (exact) mass is 231 g/mol. The molecule has 0 unspecified atom stereocenters. The van der Waals surface area contributed by atoms with Crippen LogP contribution in [0.4, 0.5) is 8.78 Å². The Labute approximate surface area is 91.1 Å². The van der Waals surface area contributed by atoms with Crippen LogP contribution in [0.15, 0.2) is 24.3 Å². The van der Waals surface area contributed by atoms with Crippen LogP contribution in [0.2, 0.25) is 0 Å². The van der Waals surface area contributed by atoms with Gasteiger partial charge in [0.2, 0.25) is 0 Å². The number of rotatable bonds is 5. The van der Waals surface area contributed by atoms with E-state index in [1.54, 1.807) is 6.92 Å². The van der Waals surface area contributed by atoms with Crippen molar-refractivity contribution in [3.8, 4) is 5.75 Å². The maximum Gasteiger partial charge on any atom is 0.387 e. The van der Waals surface area contributed by atoms with Gasteiger partial charge in [0, 0.05) is 5.56 Å². The molecule has 1 rings (SSSR count). The number of carbonyl (C=O) groups excluding carboxylic acids is 1. The Morgan fingerprint density at radius 1 is 1.38 bits per heavy atom. The third kappa shape index (κ3) is 3.82. The van der Waals surface area contributed by atoms with Crippen molar-refractivity contribution >= 4 is 5.91 Å². The van der Waals surface area contributed by atoms with Crippen LogP contribution in [0.3, 0.4) is 0 Å². The number of benzene rings is 1. The van der Waals surface area contributed by atoms with Crippen LogP contribution in [0.1, 0.15) is 17.3 Å². The molecule has 0 saturated carbocycles. The van der Waals surface area contributed by atoms with E-state index in [0.717, 1.165) is 0 Å². The highest BCUT2D eigenvalue weighted by atomic mass is 19.3. The molecule has 0 aliphatic rings. The standard InChI is InChI=1S/C10H11F2NO3/c1-2-15-13-9(14)7-3-5-8(6-4-7)16-10(11)12/h3-6,10H,2H2,1H3,(H,13,14). The van der Waals surface area contributed by atoms with E-state index < -0.39 is 12.5 Å². The van der Waals surface area contributed by atoms with Crippen LogP contribution in [-0.2, 0) is 4.84 Å². The molecule has 4 nitrogen and oxygen atoms in total. The second-order valence-corrected chi connectivity index (χ2v) is 2.77. The van der Waals surface area contributed by atoms with Gasteiger partial charge in [-0.1, -0.05) is 0 Å². The van der Waals surface area contributed by atoms with Crippen LogP contribution in [0, 0.1) is 0 Å². The summed E-state index contributed by atoms with van der Waals surface area (Å²) in [4.78, 5) is 16.0. The lowest BCUT2D eigenvalue weighted by molar-refractivity contribution is -0.0498. The summed E-state index contributed by atoms with van der Waals surface area (Å²) >= 11 is 0. The molecular weight excluding hydrogens is 220 g/mol. The van der Waals surface area contributed by atoms with Crippen molar-refractivity contribution in [2.75, 3.05) is 6.61 Å². The summed E-state index contributed by atoms with van der Waals surface area (Å²) in [5, 5.41) is 0. The van der Waals surface area contributed by atoms with E-state index in [1.807, 2.05) is 0 Å². The van der Waals surface area contributed by atoms with Gasteiger partial charge >= 0.3 is 6.61 Å². The minimum atomic E-state index is -2.87. The predicted molar refractivity (Wildman–Crippen MR) is 52.2 cm³/mol. The molecule has 0 aliphatic heterocycles. The largest absolute Gasteiger partial charge is 0.435 e. The number of nitrogens with one attached hydrogen (secondary N) is 1. The van der Waals surface area contributed by atoms with E-state index >= 15 is 0 Å². The molecule has 1 amide bonds. The lowest BCUT2D eigenvalue weighted by Gasteiger charge is -2.06. The van der Waals surface area contributed by atoms with E-state index in [-0.39, 0.29) is 5.75 Å². The third-order valence-electron chi connectivity index (χ3n) is 1.65. The number of carbonyl (C=O) groups is 1. The van der Waals surface area contributed by atoms with Crippen molar-refractivity contribution in [1.82, 2.24) is 5.48 Å². The van der Waals surface area contributed by atoms with Crippen LogP contribution in [0.5, 0.6) is 5.75 Å². The lowest BCUT2D eigenvalue weighted by Crippen LogP contribution is -2.23. The average molecular weight is 231 g/mol. The van der Waals surface area contributed by atoms with Gasteiger partial charge in [0.25, 0.3) is 5.91 Å². The first-order chi connectivity index (χ1) is 7.63.